The monoisotopic (exact) mass is 381 g/mol. The maximum atomic E-state index is 12.6. The standard InChI is InChI=1S/C21H23N3O2S/c1-5-17(26-18-8-6-7-14(3)15(18)4)19(25)22-21-24-23-20(27-21)16-11-9-13(2)10-12-16/h6-12,17H,5H2,1-4H3,(H,22,24,25)/t17-/m0/s1. The lowest BCUT2D eigenvalue weighted by Crippen LogP contribution is -2.32. The number of nitrogens with zero attached hydrogens (tertiary/aromatic N) is 2. The van der Waals surface area contributed by atoms with Gasteiger partial charge in [-0.25, -0.2) is 0 Å². The SMILES string of the molecule is CC[C@H](Oc1cccc(C)c1C)C(=O)Nc1nnc(-c2ccc(C)cc2)s1. The van der Waals surface area contributed by atoms with Crippen molar-refractivity contribution in [3.05, 3.63) is 59.2 Å². The van der Waals surface area contributed by atoms with Crippen LogP contribution in [0.1, 0.15) is 30.0 Å². The molecule has 3 rings (SSSR count). The van der Waals surface area contributed by atoms with Crippen LogP contribution >= 0.6 is 11.3 Å². The third-order valence-electron chi connectivity index (χ3n) is 4.44. The molecule has 140 valence electrons. The Morgan fingerprint density at radius 1 is 1.11 bits per heavy atom. The third kappa shape index (κ3) is 4.52. The zero-order chi connectivity index (χ0) is 19.4. The summed E-state index contributed by atoms with van der Waals surface area (Å²) in [4.78, 5) is 12.6. The largest absolute Gasteiger partial charge is 0.480 e. The Labute approximate surface area is 163 Å². The summed E-state index contributed by atoms with van der Waals surface area (Å²) in [6.07, 6.45) is -0.0275. The number of hydrogen-bond donors (Lipinski definition) is 1. The molecule has 0 saturated heterocycles. The number of rotatable bonds is 6. The van der Waals surface area contributed by atoms with Gasteiger partial charge in [0.15, 0.2) is 6.10 Å². The van der Waals surface area contributed by atoms with Gasteiger partial charge >= 0.3 is 0 Å². The summed E-state index contributed by atoms with van der Waals surface area (Å²) >= 11 is 1.35. The minimum absolute atomic E-state index is 0.218. The maximum Gasteiger partial charge on any atom is 0.267 e. The van der Waals surface area contributed by atoms with E-state index < -0.39 is 6.10 Å². The maximum absolute atomic E-state index is 12.6. The lowest BCUT2D eigenvalue weighted by molar-refractivity contribution is -0.122. The second-order valence-electron chi connectivity index (χ2n) is 6.48. The molecule has 1 amide bonds. The van der Waals surface area contributed by atoms with Crippen LogP contribution in [-0.2, 0) is 4.79 Å². The first-order chi connectivity index (χ1) is 13.0. The highest BCUT2D eigenvalue weighted by atomic mass is 32.1. The van der Waals surface area contributed by atoms with Gasteiger partial charge in [-0.2, -0.15) is 0 Å². The number of carbonyl (C=O) groups excluding carboxylic acids is 1. The second-order valence-corrected chi connectivity index (χ2v) is 7.46. The molecule has 0 aliphatic heterocycles. The lowest BCUT2D eigenvalue weighted by Gasteiger charge is -2.18. The number of nitrogens with one attached hydrogen (secondary N) is 1. The van der Waals surface area contributed by atoms with Gasteiger partial charge in [-0.05, 0) is 44.4 Å². The molecule has 0 aliphatic rings. The molecule has 1 aromatic heterocycles. The van der Waals surface area contributed by atoms with Gasteiger partial charge in [-0.1, -0.05) is 60.2 Å². The van der Waals surface area contributed by atoms with Crippen molar-refractivity contribution in [2.24, 2.45) is 0 Å². The third-order valence-corrected chi connectivity index (χ3v) is 5.33. The first-order valence-corrected chi connectivity index (χ1v) is 9.74. The molecule has 2 aromatic carbocycles. The zero-order valence-corrected chi connectivity index (χ0v) is 16.8. The first-order valence-electron chi connectivity index (χ1n) is 8.92. The van der Waals surface area contributed by atoms with E-state index in [0.717, 1.165) is 27.4 Å². The summed E-state index contributed by atoms with van der Waals surface area (Å²) in [6.45, 7) is 7.98. The van der Waals surface area contributed by atoms with Crippen LogP contribution in [0.4, 0.5) is 5.13 Å². The summed E-state index contributed by atoms with van der Waals surface area (Å²) in [5.74, 6) is 0.514. The Bertz CT molecular complexity index is 935. The van der Waals surface area contributed by atoms with Gasteiger partial charge in [0.05, 0.1) is 0 Å². The number of aromatic nitrogens is 2. The van der Waals surface area contributed by atoms with E-state index in [4.69, 9.17) is 4.74 Å². The van der Waals surface area contributed by atoms with Crippen molar-refractivity contribution < 1.29 is 9.53 Å². The van der Waals surface area contributed by atoms with Gasteiger partial charge in [-0.15, -0.1) is 10.2 Å². The van der Waals surface area contributed by atoms with Crippen LogP contribution in [0.15, 0.2) is 42.5 Å². The highest BCUT2D eigenvalue weighted by Crippen LogP contribution is 2.27. The summed E-state index contributed by atoms with van der Waals surface area (Å²) < 4.78 is 5.96. The fraction of sp³-hybridized carbons (Fsp3) is 0.286. The molecule has 5 nitrogen and oxygen atoms in total. The summed E-state index contributed by atoms with van der Waals surface area (Å²) in [6, 6.07) is 13.9. The fourth-order valence-electron chi connectivity index (χ4n) is 2.60. The second kappa shape index (κ2) is 8.31. The summed E-state index contributed by atoms with van der Waals surface area (Å²) in [5, 5.41) is 12.3. The first kappa shape index (κ1) is 19.0. The van der Waals surface area contributed by atoms with Crippen LogP contribution in [0.5, 0.6) is 5.75 Å². The predicted octanol–water partition coefficient (Wildman–Crippen LogP) is 4.93. The molecule has 0 unspecified atom stereocenters. The van der Waals surface area contributed by atoms with E-state index in [9.17, 15) is 4.79 Å². The predicted molar refractivity (Wildman–Crippen MR) is 109 cm³/mol. The molecule has 0 spiro atoms. The molecule has 6 heteroatoms. The van der Waals surface area contributed by atoms with Crippen molar-refractivity contribution in [2.75, 3.05) is 5.32 Å². The zero-order valence-electron chi connectivity index (χ0n) is 15.9. The van der Waals surface area contributed by atoms with Crippen LogP contribution in [0.3, 0.4) is 0 Å². The summed E-state index contributed by atoms with van der Waals surface area (Å²) in [5.41, 5.74) is 4.35. The van der Waals surface area contributed by atoms with Crippen LogP contribution in [0.2, 0.25) is 0 Å². The van der Waals surface area contributed by atoms with E-state index in [2.05, 4.69) is 15.5 Å². The number of ether oxygens (including phenoxy) is 1. The molecule has 3 aromatic rings. The van der Waals surface area contributed by atoms with Crippen molar-refractivity contribution in [1.82, 2.24) is 10.2 Å². The average Bonchev–Trinajstić information content (AvgIpc) is 3.12. The summed E-state index contributed by atoms with van der Waals surface area (Å²) in [7, 11) is 0. The molecule has 1 atom stereocenters. The van der Waals surface area contributed by atoms with Crippen molar-refractivity contribution >= 4 is 22.4 Å². The van der Waals surface area contributed by atoms with E-state index in [-0.39, 0.29) is 5.91 Å². The lowest BCUT2D eigenvalue weighted by atomic mass is 10.1. The molecular weight excluding hydrogens is 358 g/mol. The Hall–Kier alpha value is -2.73. The quantitative estimate of drug-likeness (QED) is 0.658. The number of aryl methyl sites for hydroxylation is 2. The number of benzene rings is 2. The van der Waals surface area contributed by atoms with Crippen molar-refractivity contribution in [2.45, 2.75) is 40.2 Å². The van der Waals surface area contributed by atoms with Gasteiger partial charge in [0.1, 0.15) is 10.8 Å². The van der Waals surface area contributed by atoms with Gasteiger partial charge in [0, 0.05) is 5.56 Å². The molecule has 1 heterocycles. The van der Waals surface area contributed by atoms with E-state index in [0.29, 0.717) is 11.6 Å². The molecule has 0 radical (unpaired) electrons. The van der Waals surface area contributed by atoms with Crippen LogP contribution in [0.25, 0.3) is 10.6 Å². The molecule has 0 saturated carbocycles. The van der Waals surface area contributed by atoms with Crippen LogP contribution < -0.4 is 10.1 Å². The van der Waals surface area contributed by atoms with Gasteiger partial charge in [-0.3, -0.25) is 10.1 Å². The topological polar surface area (TPSA) is 64.1 Å². The molecule has 27 heavy (non-hydrogen) atoms. The van der Waals surface area contributed by atoms with Crippen LogP contribution in [-0.4, -0.2) is 22.2 Å². The van der Waals surface area contributed by atoms with Crippen molar-refractivity contribution in [3.63, 3.8) is 0 Å². The van der Waals surface area contributed by atoms with E-state index in [1.54, 1.807) is 0 Å². The van der Waals surface area contributed by atoms with Crippen molar-refractivity contribution in [1.29, 1.82) is 0 Å². The molecule has 0 bridgehead atoms. The van der Waals surface area contributed by atoms with Crippen LogP contribution in [0, 0.1) is 20.8 Å². The van der Waals surface area contributed by atoms with E-state index in [1.165, 1.54) is 16.9 Å². The number of carbonyl (C=O) groups is 1. The minimum Gasteiger partial charge on any atom is -0.480 e. The average molecular weight is 382 g/mol. The Morgan fingerprint density at radius 2 is 1.85 bits per heavy atom. The minimum atomic E-state index is -0.586. The Balaban J connectivity index is 1.70. The normalized spacial score (nSPS) is 11.9. The van der Waals surface area contributed by atoms with E-state index >= 15 is 0 Å². The molecular formula is C21H23N3O2S. The highest BCUT2D eigenvalue weighted by Gasteiger charge is 2.21. The Morgan fingerprint density at radius 3 is 2.56 bits per heavy atom. The number of amides is 1. The Kier molecular flexibility index (Phi) is 5.86. The van der Waals surface area contributed by atoms with E-state index in [1.807, 2.05) is 70.2 Å². The van der Waals surface area contributed by atoms with Gasteiger partial charge in [0.25, 0.3) is 5.91 Å². The smallest absolute Gasteiger partial charge is 0.267 e. The molecule has 0 fully saturated rings. The molecule has 1 N–H and O–H groups in total. The van der Waals surface area contributed by atoms with Gasteiger partial charge < -0.3 is 4.74 Å². The fourth-order valence-corrected chi connectivity index (χ4v) is 3.35. The number of anilines is 1. The van der Waals surface area contributed by atoms with Crippen molar-refractivity contribution in [3.8, 4) is 16.3 Å². The molecule has 0 aliphatic carbocycles. The number of hydrogen-bond acceptors (Lipinski definition) is 5. The highest BCUT2D eigenvalue weighted by molar-refractivity contribution is 7.18. The van der Waals surface area contributed by atoms with Gasteiger partial charge in [0.2, 0.25) is 5.13 Å².